The van der Waals surface area contributed by atoms with Gasteiger partial charge in [-0.1, -0.05) is 12.1 Å². The van der Waals surface area contributed by atoms with Gasteiger partial charge in [-0.15, -0.1) is 0 Å². The van der Waals surface area contributed by atoms with Gasteiger partial charge >= 0.3 is 0 Å². The molecule has 1 heterocycles. The minimum Gasteiger partial charge on any atom is -0.496 e. The smallest absolute Gasteiger partial charge is 0.294 e. The van der Waals surface area contributed by atoms with Gasteiger partial charge in [0.25, 0.3) is 11.1 Å². The van der Waals surface area contributed by atoms with Crippen molar-refractivity contribution < 1.29 is 28.6 Å². The minimum atomic E-state index is -0.541. The summed E-state index contributed by atoms with van der Waals surface area (Å²) in [6.45, 7) is 1.43. The van der Waals surface area contributed by atoms with Gasteiger partial charge in [0, 0.05) is 11.1 Å². The molecule has 162 valence electrons. The number of thioether (sulfide) groups is 1. The molecule has 1 aliphatic rings. The Morgan fingerprint density at radius 2 is 1.74 bits per heavy atom. The van der Waals surface area contributed by atoms with Crippen LogP contribution < -0.4 is 19.5 Å². The summed E-state index contributed by atoms with van der Waals surface area (Å²) in [6, 6.07) is 10.4. The number of rotatable bonds is 7. The van der Waals surface area contributed by atoms with Gasteiger partial charge in [0.2, 0.25) is 5.91 Å². The maximum atomic E-state index is 12.8. The summed E-state index contributed by atoms with van der Waals surface area (Å²) in [5.74, 6) is 0.619. The van der Waals surface area contributed by atoms with Gasteiger partial charge < -0.3 is 19.5 Å². The molecule has 2 aromatic rings. The molecule has 0 saturated carbocycles. The summed E-state index contributed by atoms with van der Waals surface area (Å²) < 4.78 is 15.9. The van der Waals surface area contributed by atoms with Gasteiger partial charge in [0.15, 0.2) is 0 Å². The molecule has 1 saturated heterocycles. The van der Waals surface area contributed by atoms with Crippen molar-refractivity contribution in [1.82, 2.24) is 4.90 Å². The largest absolute Gasteiger partial charge is 0.496 e. The van der Waals surface area contributed by atoms with Crippen LogP contribution in [0.25, 0.3) is 6.08 Å². The van der Waals surface area contributed by atoms with Crippen molar-refractivity contribution in [1.29, 1.82) is 0 Å². The third-order valence-electron chi connectivity index (χ3n) is 4.65. The Balaban J connectivity index is 1.78. The quantitative estimate of drug-likeness (QED) is 0.654. The molecule has 8 nitrogen and oxygen atoms in total. The van der Waals surface area contributed by atoms with Crippen LogP contribution in [0.2, 0.25) is 0 Å². The van der Waals surface area contributed by atoms with E-state index in [0.29, 0.717) is 28.5 Å². The Kier molecular flexibility index (Phi) is 6.86. The first-order chi connectivity index (χ1) is 14.9. The normalized spacial score (nSPS) is 14.7. The lowest BCUT2D eigenvalue weighted by Crippen LogP contribution is -2.36. The van der Waals surface area contributed by atoms with E-state index in [9.17, 15) is 14.4 Å². The third-order valence-corrected chi connectivity index (χ3v) is 5.56. The van der Waals surface area contributed by atoms with Crippen LogP contribution in [0.5, 0.6) is 17.2 Å². The Morgan fingerprint density at radius 1 is 1.03 bits per heavy atom. The van der Waals surface area contributed by atoms with E-state index in [1.165, 1.54) is 14.2 Å². The lowest BCUT2D eigenvalue weighted by molar-refractivity contribution is -0.127. The molecule has 1 fully saturated rings. The van der Waals surface area contributed by atoms with E-state index in [1.807, 2.05) is 6.92 Å². The van der Waals surface area contributed by atoms with Crippen LogP contribution in [0.3, 0.4) is 0 Å². The second kappa shape index (κ2) is 9.57. The number of carbonyl (C=O) groups excluding carboxylic acids is 3. The van der Waals surface area contributed by atoms with Crippen molar-refractivity contribution in [3.8, 4) is 17.2 Å². The second-order valence-corrected chi connectivity index (χ2v) is 7.52. The molecule has 3 amide bonds. The van der Waals surface area contributed by atoms with E-state index in [-0.39, 0.29) is 4.91 Å². The molecular weight excluding hydrogens is 420 g/mol. The first-order valence-corrected chi connectivity index (χ1v) is 10.1. The Bertz CT molecular complexity index is 1070. The van der Waals surface area contributed by atoms with Crippen LogP contribution in [0.1, 0.15) is 11.1 Å². The summed E-state index contributed by atoms with van der Waals surface area (Å²) in [6.07, 6.45) is 1.58. The average Bonchev–Trinajstić information content (AvgIpc) is 3.01. The third kappa shape index (κ3) is 4.66. The summed E-state index contributed by atoms with van der Waals surface area (Å²) in [4.78, 5) is 38.7. The van der Waals surface area contributed by atoms with Gasteiger partial charge in [-0.25, -0.2) is 0 Å². The van der Waals surface area contributed by atoms with Crippen LogP contribution in [-0.2, 0) is 9.59 Å². The van der Waals surface area contributed by atoms with Crippen LogP contribution in [0.15, 0.2) is 41.3 Å². The zero-order chi connectivity index (χ0) is 22.5. The lowest BCUT2D eigenvalue weighted by Gasteiger charge is -2.14. The molecule has 3 rings (SSSR count). The first kappa shape index (κ1) is 22.2. The van der Waals surface area contributed by atoms with Crippen LogP contribution >= 0.6 is 11.8 Å². The first-order valence-electron chi connectivity index (χ1n) is 9.29. The van der Waals surface area contributed by atoms with E-state index in [0.717, 1.165) is 22.2 Å². The number of amides is 3. The monoisotopic (exact) mass is 442 g/mol. The van der Waals surface area contributed by atoms with Crippen molar-refractivity contribution in [3.05, 3.63) is 52.4 Å². The molecule has 0 radical (unpaired) electrons. The van der Waals surface area contributed by atoms with Crippen LogP contribution in [-0.4, -0.2) is 49.8 Å². The highest BCUT2D eigenvalue weighted by Crippen LogP contribution is 2.37. The van der Waals surface area contributed by atoms with Crippen molar-refractivity contribution in [2.75, 3.05) is 33.2 Å². The molecule has 0 unspecified atom stereocenters. The fourth-order valence-corrected chi connectivity index (χ4v) is 3.99. The van der Waals surface area contributed by atoms with Crippen molar-refractivity contribution in [2.45, 2.75) is 6.92 Å². The fraction of sp³-hybridized carbons (Fsp3) is 0.227. The molecule has 0 spiro atoms. The fourth-order valence-electron chi connectivity index (χ4n) is 3.16. The summed E-state index contributed by atoms with van der Waals surface area (Å²) >= 11 is 0.775. The Hall–Kier alpha value is -3.46. The SMILES string of the molecule is COc1ccccc1NC(=O)CN1C(=O)S/C(=C\c2ccc(OC)c(C)c2OC)C1=O. The predicted molar refractivity (Wildman–Crippen MR) is 119 cm³/mol. The highest BCUT2D eigenvalue weighted by atomic mass is 32.2. The zero-order valence-corrected chi connectivity index (χ0v) is 18.4. The number of ether oxygens (including phenoxy) is 3. The molecule has 0 aromatic heterocycles. The van der Waals surface area contributed by atoms with Crippen molar-refractivity contribution in [3.63, 3.8) is 0 Å². The van der Waals surface area contributed by atoms with Gasteiger partial charge in [-0.05, 0) is 49.0 Å². The number of hydrogen-bond acceptors (Lipinski definition) is 7. The number of nitrogens with one attached hydrogen (secondary N) is 1. The maximum absolute atomic E-state index is 12.8. The van der Waals surface area contributed by atoms with E-state index < -0.39 is 23.6 Å². The van der Waals surface area contributed by atoms with Gasteiger partial charge in [0.05, 0.1) is 31.9 Å². The molecule has 0 atom stereocenters. The van der Waals surface area contributed by atoms with Crippen LogP contribution in [0.4, 0.5) is 10.5 Å². The molecule has 31 heavy (non-hydrogen) atoms. The number of anilines is 1. The predicted octanol–water partition coefficient (Wildman–Crippen LogP) is 3.70. The molecule has 1 N–H and O–H groups in total. The Labute approximate surface area is 184 Å². The van der Waals surface area contributed by atoms with E-state index in [1.54, 1.807) is 49.6 Å². The number of methoxy groups -OCH3 is 3. The molecule has 0 aliphatic carbocycles. The average molecular weight is 442 g/mol. The second-order valence-electron chi connectivity index (χ2n) is 6.53. The maximum Gasteiger partial charge on any atom is 0.294 e. The summed E-state index contributed by atoms with van der Waals surface area (Å²) in [5, 5.41) is 2.14. The standard InChI is InChI=1S/C22H22N2O6S/c1-13-16(28-2)10-9-14(20(13)30-4)11-18-21(26)24(22(27)31-18)12-19(25)23-15-7-5-6-8-17(15)29-3/h5-11H,12H2,1-4H3,(H,23,25)/b18-11-. The van der Waals surface area contributed by atoms with Crippen molar-refractivity contribution in [2.24, 2.45) is 0 Å². The topological polar surface area (TPSA) is 94.2 Å². The number of para-hydroxylation sites is 2. The van der Waals surface area contributed by atoms with E-state index in [2.05, 4.69) is 5.32 Å². The zero-order valence-electron chi connectivity index (χ0n) is 17.6. The highest BCUT2D eigenvalue weighted by Gasteiger charge is 2.36. The number of nitrogens with zero attached hydrogens (tertiary/aromatic N) is 1. The van der Waals surface area contributed by atoms with E-state index in [4.69, 9.17) is 14.2 Å². The summed E-state index contributed by atoms with van der Waals surface area (Å²) in [5.41, 5.74) is 1.86. The number of carbonyl (C=O) groups is 3. The van der Waals surface area contributed by atoms with E-state index >= 15 is 0 Å². The van der Waals surface area contributed by atoms with Gasteiger partial charge in [-0.3, -0.25) is 19.3 Å². The molecule has 9 heteroatoms. The molecule has 1 aliphatic heterocycles. The number of benzene rings is 2. The van der Waals surface area contributed by atoms with Gasteiger partial charge in [-0.2, -0.15) is 0 Å². The number of imide groups is 1. The van der Waals surface area contributed by atoms with Gasteiger partial charge in [0.1, 0.15) is 23.8 Å². The molecular formula is C22H22N2O6S. The lowest BCUT2D eigenvalue weighted by atomic mass is 10.1. The Morgan fingerprint density at radius 3 is 2.42 bits per heavy atom. The minimum absolute atomic E-state index is 0.206. The molecule has 0 bridgehead atoms. The number of hydrogen-bond donors (Lipinski definition) is 1. The molecule has 2 aromatic carbocycles. The highest BCUT2D eigenvalue weighted by molar-refractivity contribution is 8.18. The van der Waals surface area contributed by atoms with Crippen molar-refractivity contribution >= 4 is 40.6 Å². The van der Waals surface area contributed by atoms with Crippen LogP contribution in [0, 0.1) is 6.92 Å². The summed E-state index contributed by atoms with van der Waals surface area (Å²) in [7, 11) is 4.57.